The molecule has 0 spiro atoms. The van der Waals surface area contributed by atoms with Crippen molar-refractivity contribution in [3.05, 3.63) is 10.1 Å². The van der Waals surface area contributed by atoms with E-state index in [1.807, 2.05) is 6.92 Å². The van der Waals surface area contributed by atoms with E-state index in [1.54, 1.807) is 6.92 Å². The highest BCUT2D eigenvalue weighted by Crippen LogP contribution is 2.09. The first kappa shape index (κ1) is 14.3. The first-order valence-electron chi connectivity index (χ1n) is 5.19. The van der Waals surface area contributed by atoms with Gasteiger partial charge in [0, 0.05) is 23.5 Å². The maximum absolute atomic E-state index is 10.6. The molecule has 92 valence electrons. The molecule has 3 N–H and O–H groups in total. The highest BCUT2D eigenvalue weighted by atomic mass is 16.6. The molecule has 7 nitrogen and oxygen atoms in total. The number of hydrazone groups is 1. The molecule has 0 fully saturated rings. The maximum atomic E-state index is 10.6. The van der Waals surface area contributed by atoms with Gasteiger partial charge < -0.3 is 5.73 Å². The van der Waals surface area contributed by atoms with Crippen molar-refractivity contribution < 1.29 is 9.72 Å². The predicted octanol–water partition coefficient (Wildman–Crippen LogP) is 1.26. The molecule has 0 radical (unpaired) electrons. The third kappa shape index (κ3) is 6.74. The van der Waals surface area contributed by atoms with Crippen LogP contribution in [0.3, 0.4) is 0 Å². The minimum absolute atomic E-state index is 0.266. The van der Waals surface area contributed by atoms with Crippen LogP contribution in [0, 0.1) is 10.1 Å². The molecule has 0 aromatic heterocycles. The average molecular weight is 230 g/mol. The molecule has 0 aromatic rings. The summed E-state index contributed by atoms with van der Waals surface area (Å²) in [5.74, 6) is 0. The molecular weight excluding hydrogens is 212 g/mol. The van der Waals surface area contributed by atoms with Crippen molar-refractivity contribution in [1.29, 1.82) is 0 Å². The molecule has 0 heterocycles. The largest absolute Gasteiger partial charge is 0.350 e. The van der Waals surface area contributed by atoms with E-state index in [2.05, 4.69) is 10.5 Å². The molecule has 16 heavy (non-hydrogen) atoms. The summed E-state index contributed by atoms with van der Waals surface area (Å²) in [5.41, 5.74) is 7.54. The lowest BCUT2D eigenvalue weighted by molar-refractivity contribution is -0.524. The number of nitrogens with one attached hydrogen (secondary N) is 1. The van der Waals surface area contributed by atoms with Gasteiger partial charge >= 0.3 is 6.03 Å². The number of nitro groups is 1. The Bertz CT molecular complexity index is 278. The number of urea groups is 1. The van der Waals surface area contributed by atoms with Gasteiger partial charge in [-0.25, -0.2) is 10.2 Å². The van der Waals surface area contributed by atoms with Crippen molar-refractivity contribution in [3.8, 4) is 0 Å². The fraction of sp³-hybridized carbons (Fsp3) is 0.778. The van der Waals surface area contributed by atoms with Crippen molar-refractivity contribution in [2.75, 3.05) is 0 Å². The van der Waals surface area contributed by atoms with E-state index in [-0.39, 0.29) is 4.92 Å². The number of hydrogen-bond acceptors (Lipinski definition) is 4. The van der Waals surface area contributed by atoms with Gasteiger partial charge in [-0.2, -0.15) is 5.10 Å². The predicted molar refractivity (Wildman–Crippen MR) is 60.8 cm³/mol. The van der Waals surface area contributed by atoms with E-state index < -0.39 is 12.1 Å². The Morgan fingerprint density at radius 2 is 2.19 bits per heavy atom. The van der Waals surface area contributed by atoms with Crippen molar-refractivity contribution in [2.24, 2.45) is 10.8 Å². The molecule has 0 aromatic carbocycles. The van der Waals surface area contributed by atoms with Gasteiger partial charge in [0.05, 0.1) is 0 Å². The molecule has 2 amide bonds. The lowest BCUT2D eigenvalue weighted by atomic mass is 10.1. The van der Waals surface area contributed by atoms with Gasteiger partial charge in [-0.15, -0.1) is 0 Å². The Hall–Kier alpha value is -1.66. The number of nitrogens with zero attached hydrogens (tertiary/aromatic N) is 2. The summed E-state index contributed by atoms with van der Waals surface area (Å²) in [6, 6.07) is -1.28. The van der Waals surface area contributed by atoms with Crippen LogP contribution >= 0.6 is 0 Å². The maximum Gasteiger partial charge on any atom is 0.332 e. The summed E-state index contributed by atoms with van der Waals surface area (Å²) in [6.45, 7) is 3.60. The van der Waals surface area contributed by atoms with Crippen LogP contribution in [-0.4, -0.2) is 22.7 Å². The van der Waals surface area contributed by atoms with Gasteiger partial charge in [-0.05, 0) is 19.8 Å². The highest BCUT2D eigenvalue weighted by molar-refractivity contribution is 5.83. The quantitative estimate of drug-likeness (QED) is 0.390. The first-order chi connectivity index (χ1) is 7.47. The second-order valence-electron chi connectivity index (χ2n) is 3.59. The van der Waals surface area contributed by atoms with E-state index in [0.717, 1.165) is 6.42 Å². The van der Waals surface area contributed by atoms with Crippen LogP contribution in [0.15, 0.2) is 5.10 Å². The third-order valence-electron chi connectivity index (χ3n) is 2.12. The molecule has 0 aliphatic carbocycles. The minimum atomic E-state index is -0.737. The van der Waals surface area contributed by atoms with E-state index in [4.69, 9.17) is 5.73 Å². The zero-order valence-corrected chi connectivity index (χ0v) is 9.60. The normalized spacial score (nSPS) is 13.2. The topological polar surface area (TPSA) is 111 Å². The molecule has 0 saturated carbocycles. The number of hydrogen-bond donors (Lipinski definition) is 2. The molecule has 0 saturated heterocycles. The molecule has 1 atom stereocenters. The van der Waals surface area contributed by atoms with Crippen molar-refractivity contribution in [1.82, 2.24) is 5.43 Å². The number of amides is 2. The van der Waals surface area contributed by atoms with Gasteiger partial charge in [0.15, 0.2) is 0 Å². The Kier molecular flexibility index (Phi) is 6.82. The van der Waals surface area contributed by atoms with Gasteiger partial charge in [0.25, 0.3) is 0 Å². The van der Waals surface area contributed by atoms with Crippen LogP contribution in [0.2, 0.25) is 0 Å². The summed E-state index contributed by atoms with van der Waals surface area (Å²) in [7, 11) is 0. The van der Waals surface area contributed by atoms with Gasteiger partial charge in [-0.3, -0.25) is 10.1 Å². The van der Waals surface area contributed by atoms with Gasteiger partial charge in [0.2, 0.25) is 6.04 Å². The SMILES string of the molecule is CCC[C@@H](CCC(C)=NNC(N)=O)[N+](=O)[O-]. The molecule has 0 unspecified atom stereocenters. The number of carbonyl (C=O) groups is 1. The number of carbonyl (C=O) groups excluding carboxylic acids is 1. The van der Waals surface area contributed by atoms with E-state index >= 15 is 0 Å². The van der Waals surface area contributed by atoms with Gasteiger partial charge in [-0.1, -0.05) is 6.92 Å². The Labute approximate surface area is 94.2 Å². The van der Waals surface area contributed by atoms with Crippen LogP contribution < -0.4 is 11.2 Å². The van der Waals surface area contributed by atoms with Crippen LogP contribution in [-0.2, 0) is 0 Å². The van der Waals surface area contributed by atoms with E-state index in [9.17, 15) is 14.9 Å². The fourth-order valence-corrected chi connectivity index (χ4v) is 1.27. The second-order valence-corrected chi connectivity index (χ2v) is 3.59. The summed E-state index contributed by atoms with van der Waals surface area (Å²) in [4.78, 5) is 20.7. The summed E-state index contributed by atoms with van der Waals surface area (Å²) >= 11 is 0. The van der Waals surface area contributed by atoms with Crippen LogP contribution in [0.25, 0.3) is 0 Å². The minimum Gasteiger partial charge on any atom is -0.350 e. The second kappa shape index (κ2) is 7.61. The van der Waals surface area contributed by atoms with Crippen molar-refractivity contribution in [2.45, 2.75) is 45.6 Å². The Morgan fingerprint density at radius 3 is 2.62 bits per heavy atom. The van der Waals surface area contributed by atoms with Crippen LogP contribution in [0.1, 0.15) is 39.5 Å². The van der Waals surface area contributed by atoms with Gasteiger partial charge in [0.1, 0.15) is 0 Å². The molecule has 0 bridgehead atoms. The average Bonchev–Trinajstić information content (AvgIpc) is 2.20. The zero-order chi connectivity index (χ0) is 12.6. The Balaban J connectivity index is 4.04. The molecule has 0 aliphatic rings. The number of nitrogens with two attached hydrogens (primary N) is 1. The highest BCUT2D eigenvalue weighted by Gasteiger charge is 2.18. The van der Waals surface area contributed by atoms with Crippen LogP contribution in [0.5, 0.6) is 0 Å². The van der Waals surface area contributed by atoms with Crippen LogP contribution in [0.4, 0.5) is 4.79 Å². The Morgan fingerprint density at radius 1 is 1.56 bits per heavy atom. The van der Waals surface area contributed by atoms with E-state index in [1.165, 1.54) is 0 Å². The van der Waals surface area contributed by atoms with Crippen molar-refractivity contribution >= 4 is 11.7 Å². The summed E-state index contributed by atoms with van der Waals surface area (Å²) in [5, 5.41) is 14.3. The third-order valence-corrected chi connectivity index (χ3v) is 2.12. The molecule has 0 aliphatic heterocycles. The van der Waals surface area contributed by atoms with E-state index in [0.29, 0.717) is 25.0 Å². The fourth-order valence-electron chi connectivity index (χ4n) is 1.27. The lowest BCUT2D eigenvalue weighted by Crippen LogP contribution is -2.26. The monoisotopic (exact) mass is 230 g/mol. The zero-order valence-electron chi connectivity index (χ0n) is 9.60. The van der Waals surface area contributed by atoms with Crippen molar-refractivity contribution in [3.63, 3.8) is 0 Å². The summed E-state index contributed by atoms with van der Waals surface area (Å²) in [6.07, 6.45) is 2.24. The molecule has 0 rings (SSSR count). The number of primary amides is 1. The lowest BCUT2D eigenvalue weighted by Gasteiger charge is -2.07. The molecular formula is C9H18N4O3. The number of rotatable bonds is 7. The molecule has 7 heteroatoms. The standard InChI is InChI=1S/C9H18N4O3/c1-3-4-8(13(15)16)6-5-7(2)11-12-9(10)14/h8H,3-6H2,1-2H3,(H3,10,12,14)/t8-/m0/s1. The first-order valence-corrected chi connectivity index (χ1v) is 5.19. The smallest absolute Gasteiger partial charge is 0.332 e. The summed E-state index contributed by atoms with van der Waals surface area (Å²) < 4.78 is 0.